The number of azo groups is 2. The van der Waals surface area contributed by atoms with Crippen LogP contribution in [0.25, 0.3) is 11.6 Å². The first-order valence-corrected chi connectivity index (χ1v) is 13.8. The van der Waals surface area contributed by atoms with E-state index < -0.39 is 11.9 Å². The van der Waals surface area contributed by atoms with Crippen molar-refractivity contribution in [1.29, 1.82) is 0 Å². The maximum Gasteiger partial charge on any atom is 0.343 e. The highest BCUT2D eigenvalue weighted by molar-refractivity contribution is 5.94. The van der Waals surface area contributed by atoms with Gasteiger partial charge >= 0.3 is 11.9 Å². The van der Waals surface area contributed by atoms with Crippen LogP contribution in [0.1, 0.15) is 46.0 Å². The minimum Gasteiger partial charge on any atom is -0.462 e. The molecule has 0 atom stereocenters. The van der Waals surface area contributed by atoms with Gasteiger partial charge in [0.15, 0.2) is 46.3 Å². The summed E-state index contributed by atoms with van der Waals surface area (Å²) >= 11 is 0. The van der Waals surface area contributed by atoms with Crippen molar-refractivity contribution in [3.63, 3.8) is 0 Å². The van der Waals surface area contributed by atoms with Crippen molar-refractivity contribution < 1.29 is 19.1 Å². The van der Waals surface area contributed by atoms with Gasteiger partial charge in [-0.2, -0.15) is 29.8 Å². The van der Waals surface area contributed by atoms with Crippen LogP contribution < -0.4 is 11.5 Å². The molecule has 4 N–H and O–H groups in total. The van der Waals surface area contributed by atoms with Crippen molar-refractivity contribution >= 4 is 46.6 Å². The van der Waals surface area contributed by atoms with Crippen molar-refractivity contribution in [3.05, 3.63) is 47.3 Å². The molecule has 0 aliphatic carbocycles. The Morgan fingerprint density at radius 3 is 1.54 bits per heavy atom. The smallest absolute Gasteiger partial charge is 0.343 e. The Kier molecular flexibility index (Phi) is 8.60. The maximum atomic E-state index is 12.3. The molecule has 0 bridgehead atoms. The molecule has 20 nitrogen and oxygen atoms in total. The third kappa shape index (κ3) is 5.77. The number of rotatable bonds is 10. The lowest BCUT2D eigenvalue weighted by Gasteiger charge is -2.06. The normalized spacial score (nSPS) is 11.6. The number of nitrogens with two attached hydrogens (primary N) is 2. The standard InChI is InChI=1S/C26H30N16O4/c1-7-45-25(43)15-10-31-39(5)23(15)35-33-19-13(3)37-41(21(19)27)17-9-18(30-12-29-17)42-22(28)20(14(4)38-42)34-36-24-16(11-32-40(24)6)26(44)46-8-2/h9-12H,7-8,27-28H2,1-6H3/b35-33+,36-34+. The van der Waals surface area contributed by atoms with Crippen LogP contribution in [0.3, 0.4) is 0 Å². The lowest BCUT2D eigenvalue weighted by atomic mass is 10.3. The zero-order valence-electron chi connectivity index (χ0n) is 25.8. The molecule has 238 valence electrons. The summed E-state index contributed by atoms with van der Waals surface area (Å²) in [5, 5.41) is 34.0. The second-order valence-corrected chi connectivity index (χ2v) is 9.55. The first-order valence-electron chi connectivity index (χ1n) is 13.8. The molecule has 0 amide bonds. The number of carbonyl (C=O) groups is 2. The second kappa shape index (κ2) is 12.7. The predicted molar refractivity (Wildman–Crippen MR) is 161 cm³/mol. The highest BCUT2D eigenvalue weighted by atomic mass is 16.5. The minimum atomic E-state index is -0.574. The number of aromatic nitrogens is 10. The Balaban J connectivity index is 1.45. The van der Waals surface area contributed by atoms with Gasteiger partial charge in [0.05, 0.1) is 37.0 Å². The van der Waals surface area contributed by atoms with E-state index in [0.717, 1.165) is 0 Å². The molecule has 0 unspecified atom stereocenters. The largest absolute Gasteiger partial charge is 0.462 e. The monoisotopic (exact) mass is 630 g/mol. The number of aryl methyl sites for hydroxylation is 4. The molecule has 0 aromatic carbocycles. The quantitative estimate of drug-likeness (QED) is 0.166. The van der Waals surface area contributed by atoms with E-state index in [0.29, 0.717) is 11.4 Å². The molecule has 5 heterocycles. The number of esters is 2. The van der Waals surface area contributed by atoms with Crippen LogP contribution in [0.4, 0.5) is 34.6 Å². The van der Waals surface area contributed by atoms with Crippen molar-refractivity contribution in [2.24, 2.45) is 34.6 Å². The van der Waals surface area contributed by atoms with E-state index >= 15 is 0 Å². The molecule has 5 aromatic heterocycles. The molecule has 5 aromatic rings. The highest BCUT2D eigenvalue weighted by Crippen LogP contribution is 2.33. The van der Waals surface area contributed by atoms with E-state index in [4.69, 9.17) is 20.9 Å². The Morgan fingerprint density at radius 1 is 0.739 bits per heavy atom. The van der Waals surface area contributed by atoms with Gasteiger partial charge in [-0.05, 0) is 27.7 Å². The van der Waals surface area contributed by atoms with Crippen molar-refractivity contribution in [2.45, 2.75) is 27.7 Å². The summed E-state index contributed by atoms with van der Waals surface area (Å²) in [6, 6.07) is 1.56. The van der Waals surface area contributed by atoms with Crippen LogP contribution in [0, 0.1) is 13.8 Å². The van der Waals surface area contributed by atoms with E-state index in [1.54, 1.807) is 47.9 Å². The van der Waals surface area contributed by atoms with E-state index in [1.165, 1.54) is 37.4 Å². The summed E-state index contributed by atoms with van der Waals surface area (Å²) in [6.07, 6.45) is 4.00. The zero-order chi connectivity index (χ0) is 33.1. The molecule has 0 spiro atoms. The summed E-state index contributed by atoms with van der Waals surface area (Å²) in [5.41, 5.74) is 14.5. The summed E-state index contributed by atoms with van der Waals surface area (Å²) in [7, 11) is 3.24. The maximum absolute atomic E-state index is 12.3. The molecule has 46 heavy (non-hydrogen) atoms. The molecular formula is C26H30N16O4. The van der Waals surface area contributed by atoms with Gasteiger partial charge in [-0.3, -0.25) is 0 Å². The van der Waals surface area contributed by atoms with Crippen LogP contribution in [0.15, 0.2) is 45.2 Å². The van der Waals surface area contributed by atoms with Gasteiger partial charge in [-0.25, -0.2) is 28.9 Å². The summed E-state index contributed by atoms with van der Waals surface area (Å²) in [4.78, 5) is 33.2. The second-order valence-electron chi connectivity index (χ2n) is 9.55. The van der Waals surface area contributed by atoms with Gasteiger partial charge in [-0.1, -0.05) is 0 Å². The van der Waals surface area contributed by atoms with Gasteiger partial charge in [0.1, 0.15) is 17.5 Å². The molecule has 0 aliphatic rings. The van der Waals surface area contributed by atoms with Crippen LogP contribution in [0.5, 0.6) is 0 Å². The molecule has 20 heteroatoms. The number of hydrogen-bond acceptors (Lipinski definition) is 16. The SMILES string of the molecule is CCOC(=O)c1cnn(C)c1/N=N/c1c(C)nn(-c2cc(-n3nc(C)c(/N=N/c4c(C(=O)OCC)cnn4C)c3N)ncn2)c1N. The average molecular weight is 631 g/mol. The molecule has 5 rings (SSSR count). The van der Waals surface area contributed by atoms with Crippen molar-refractivity contribution in [3.8, 4) is 11.6 Å². The Bertz CT molecular complexity index is 1860. The van der Waals surface area contributed by atoms with Crippen molar-refractivity contribution in [2.75, 3.05) is 24.7 Å². The van der Waals surface area contributed by atoms with Gasteiger partial charge < -0.3 is 20.9 Å². The Hall–Kier alpha value is -6.34. The van der Waals surface area contributed by atoms with Gasteiger partial charge in [0.25, 0.3) is 0 Å². The molecule has 0 fully saturated rings. The number of carbonyl (C=O) groups excluding carboxylic acids is 2. The first kappa shape index (κ1) is 31.1. The van der Waals surface area contributed by atoms with Gasteiger partial charge in [-0.15, -0.1) is 20.5 Å². The lowest BCUT2D eigenvalue weighted by Crippen LogP contribution is -2.09. The molecule has 0 aliphatic heterocycles. The third-order valence-corrected chi connectivity index (χ3v) is 6.49. The Morgan fingerprint density at radius 2 is 1.15 bits per heavy atom. The van der Waals surface area contributed by atoms with Crippen LogP contribution in [-0.2, 0) is 23.6 Å². The third-order valence-electron chi connectivity index (χ3n) is 6.49. The fourth-order valence-electron chi connectivity index (χ4n) is 4.24. The number of ether oxygens (including phenoxy) is 2. The highest BCUT2D eigenvalue weighted by Gasteiger charge is 2.22. The number of hydrogen-bond donors (Lipinski definition) is 2. The topological polar surface area (TPSA) is 251 Å². The number of anilines is 2. The molecule has 0 saturated carbocycles. The van der Waals surface area contributed by atoms with E-state index in [2.05, 4.69) is 50.8 Å². The molecule has 0 saturated heterocycles. The first-order chi connectivity index (χ1) is 22.0. The summed E-state index contributed by atoms with van der Waals surface area (Å²) in [5.74, 6) is 0.0368. The summed E-state index contributed by atoms with van der Waals surface area (Å²) < 4.78 is 15.6. The molecule has 0 radical (unpaired) electrons. The zero-order valence-corrected chi connectivity index (χ0v) is 25.8. The van der Waals surface area contributed by atoms with Crippen molar-refractivity contribution in [1.82, 2.24) is 49.1 Å². The Labute approximate surface area is 260 Å². The van der Waals surface area contributed by atoms with Crippen LogP contribution >= 0.6 is 0 Å². The van der Waals surface area contributed by atoms with Crippen LogP contribution in [-0.4, -0.2) is 74.2 Å². The summed E-state index contributed by atoms with van der Waals surface area (Å²) in [6.45, 7) is 7.19. The molecular weight excluding hydrogens is 600 g/mol. The minimum absolute atomic E-state index is 0.124. The fraction of sp³-hybridized carbons (Fsp3) is 0.308. The van der Waals surface area contributed by atoms with E-state index in [1.807, 2.05) is 0 Å². The fourth-order valence-corrected chi connectivity index (χ4v) is 4.24. The van der Waals surface area contributed by atoms with Crippen LogP contribution in [0.2, 0.25) is 0 Å². The van der Waals surface area contributed by atoms with E-state index in [9.17, 15) is 9.59 Å². The number of nitrogen functional groups attached to an aromatic ring is 2. The lowest BCUT2D eigenvalue weighted by molar-refractivity contribution is 0.0517. The van der Waals surface area contributed by atoms with Gasteiger partial charge in [0, 0.05) is 20.2 Å². The van der Waals surface area contributed by atoms with E-state index in [-0.39, 0.29) is 70.6 Å². The average Bonchev–Trinajstić information content (AvgIpc) is 3.75. The van der Waals surface area contributed by atoms with Gasteiger partial charge in [0.2, 0.25) is 0 Å². The predicted octanol–water partition coefficient (Wildman–Crippen LogP) is 3.28. The number of nitrogens with zero attached hydrogens (tertiary/aromatic N) is 14.